The smallest absolute Gasteiger partial charge is 0.119 e. The summed E-state index contributed by atoms with van der Waals surface area (Å²) in [6, 6.07) is 5.76. The fraction of sp³-hybridized carbons (Fsp3) is 0.611. The van der Waals surface area contributed by atoms with E-state index in [0.717, 1.165) is 12.0 Å². The maximum Gasteiger partial charge on any atom is 0.119 e. The van der Waals surface area contributed by atoms with Gasteiger partial charge in [0.25, 0.3) is 0 Å². The van der Waals surface area contributed by atoms with Gasteiger partial charge in [-0.15, -0.1) is 0 Å². The van der Waals surface area contributed by atoms with E-state index in [-0.39, 0.29) is 5.75 Å². The van der Waals surface area contributed by atoms with E-state index in [1.807, 2.05) is 12.1 Å². The van der Waals surface area contributed by atoms with E-state index in [9.17, 15) is 5.11 Å². The van der Waals surface area contributed by atoms with Crippen molar-refractivity contribution in [1.82, 2.24) is 0 Å². The molecule has 1 aromatic carbocycles. The number of rotatable bonds is 10. The van der Waals surface area contributed by atoms with Crippen LogP contribution in [0, 0.1) is 0 Å². The molecule has 0 saturated heterocycles. The van der Waals surface area contributed by atoms with E-state index in [1.165, 1.54) is 50.5 Å². The average molecular weight is 291 g/mol. The van der Waals surface area contributed by atoms with Crippen molar-refractivity contribution in [3.8, 4) is 5.75 Å². The zero-order valence-electron chi connectivity index (χ0n) is 13.4. The number of aromatic hydroxyl groups is 1. The van der Waals surface area contributed by atoms with Crippen LogP contribution in [0.3, 0.4) is 0 Å². The molecule has 3 heteroatoms. The molecule has 3 nitrogen and oxygen atoms in total. The van der Waals surface area contributed by atoms with Crippen LogP contribution in [0.4, 0.5) is 0 Å². The quantitative estimate of drug-likeness (QED) is 0.273. The summed E-state index contributed by atoms with van der Waals surface area (Å²) in [6.45, 7) is 3.99. The highest BCUT2D eigenvalue weighted by Crippen LogP contribution is 2.21. The van der Waals surface area contributed by atoms with Crippen molar-refractivity contribution in [2.24, 2.45) is 5.16 Å². The van der Waals surface area contributed by atoms with Crippen molar-refractivity contribution in [3.63, 3.8) is 0 Å². The summed E-state index contributed by atoms with van der Waals surface area (Å²) in [5.74, 6) is 0.279. The molecule has 21 heavy (non-hydrogen) atoms. The first-order chi connectivity index (χ1) is 10.2. The number of nitrogens with zero attached hydrogens (tertiary/aromatic N) is 1. The lowest BCUT2D eigenvalue weighted by atomic mass is 10.00. The Labute approximate surface area is 128 Å². The molecule has 0 aliphatic heterocycles. The summed E-state index contributed by atoms with van der Waals surface area (Å²) in [4.78, 5) is 0. The van der Waals surface area contributed by atoms with Gasteiger partial charge in [-0.25, -0.2) is 0 Å². The topological polar surface area (TPSA) is 52.8 Å². The van der Waals surface area contributed by atoms with E-state index in [2.05, 4.69) is 12.1 Å². The first kappa shape index (κ1) is 17.5. The zero-order valence-corrected chi connectivity index (χ0v) is 13.4. The van der Waals surface area contributed by atoms with E-state index in [4.69, 9.17) is 5.21 Å². The molecule has 0 aromatic heterocycles. The molecule has 1 rings (SSSR count). The number of aryl methyl sites for hydroxylation is 1. The van der Waals surface area contributed by atoms with E-state index < -0.39 is 0 Å². The Bertz CT molecular complexity index is 441. The molecule has 0 aliphatic carbocycles. The third kappa shape index (κ3) is 7.16. The SMILES string of the molecule is CCCCCCCCCc1ccc(O)c(CC(C)=NO)c1. The highest BCUT2D eigenvalue weighted by molar-refractivity contribution is 5.84. The molecule has 118 valence electrons. The second-order valence-electron chi connectivity index (χ2n) is 5.85. The van der Waals surface area contributed by atoms with Crippen LogP contribution in [-0.4, -0.2) is 16.0 Å². The molecule has 0 fully saturated rings. The molecule has 2 N–H and O–H groups in total. The van der Waals surface area contributed by atoms with Crippen LogP contribution in [-0.2, 0) is 12.8 Å². The Hall–Kier alpha value is -1.51. The van der Waals surface area contributed by atoms with E-state index in [1.54, 1.807) is 13.0 Å². The summed E-state index contributed by atoms with van der Waals surface area (Å²) < 4.78 is 0. The first-order valence-electron chi connectivity index (χ1n) is 8.15. The fourth-order valence-corrected chi connectivity index (χ4v) is 2.53. The lowest BCUT2D eigenvalue weighted by Crippen LogP contribution is -1.99. The Morgan fingerprint density at radius 1 is 1.05 bits per heavy atom. The summed E-state index contributed by atoms with van der Waals surface area (Å²) >= 11 is 0. The van der Waals surface area contributed by atoms with Gasteiger partial charge in [-0.2, -0.15) is 0 Å². The van der Waals surface area contributed by atoms with Crippen molar-refractivity contribution in [2.45, 2.75) is 71.6 Å². The maximum absolute atomic E-state index is 9.83. The van der Waals surface area contributed by atoms with Crippen LogP contribution in [0.5, 0.6) is 5.75 Å². The summed E-state index contributed by atoms with van der Waals surface area (Å²) in [5.41, 5.74) is 2.70. The number of phenolic OH excluding ortho intramolecular Hbond substituents is 1. The molecule has 1 aromatic rings. The molecule has 0 saturated carbocycles. The van der Waals surface area contributed by atoms with Crippen LogP contribution in [0.25, 0.3) is 0 Å². The number of benzene rings is 1. The molecule has 0 spiro atoms. The van der Waals surface area contributed by atoms with Crippen molar-refractivity contribution in [2.75, 3.05) is 0 Å². The third-order valence-electron chi connectivity index (χ3n) is 3.83. The van der Waals surface area contributed by atoms with E-state index >= 15 is 0 Å². The van der Waals surface area contributed by atoms with Gasteiger partial charge in [0.2, 0.25) is 0 Å². The van der Waals surface area contributed by atoms with Gasteiger partial charge in [-0.05, 0) is 37.0 Å². The largest absolute Gasteiger partial charge is 0.508 e. The molecule has 0 atom stereocenters. The molecule has 0 radical (unpaired) electrons. The molecular formula is C18H29NO2. The van der Waals surface area contributed by atoms with Crippen LogP contribution >= 0.6 is 0 Å². The summed E-state index contributed by atoms with van der Waals surface area (Å²) in [7, 11) is 0. The third-order valence-corrected chi connectivity index (χ3v) is 3.83. The van der Waals surface area contributed by atoms with Gasteiger partial charge >= 0.3 is 0 Å². The minimum atomic E-state index is 0.279. The van der Waals surface area contributed by atoms with E-state index in [0.29, 0.717) is 12.1 Å². The second-order valence-corrected chi connectivity index (χ2v) is 5.85. The fourth-order valence-electron chi connectivity index (χ4n) is 2.53. The first-order valence-corrected chi connectivity index (χ1v) is 8.15. The molecule has 0 unspecified atom stereocenters. The highest BCUT2D eigenvalue weighted by Gasteiger charge is 2.05. The second kappa shape index (κ2) is 10.3. The van der Waals surface area contributed by atoms with Gasteiger partial charge in [-0.1, -0.05) is 62.7 Å². The van der Waals surface area contributed by atoms with Crippen molar-refractivity contribution in [3.05, 3.63) is 29.3 Å². The van der Waals surface area contributed by atoms with Crippen LogP contribution in [0.1, 0.15) is 69.9 Å². The predicted octanol–water partition coefficient (Wildman–Crippen LogP) is 5.08. The van der Waals surface area contributed by atoms with Crippen LogP contribution in [0.2, 0.25) is 0 Å². The molecule has 0 amide bonds. The van der Waals surface area contributed by atoms with Gasteiger partial charge in [0.1, 0.15) is 5.75 Å². The summed E-state index contributed by atoms with van der Waals surface area (Å²) in [5, 5.41) is 21.7. The number of hydrogen-bond acceptors (Lipinski definition) is 3. The van der Waals surface area contributed by atoms with Crippen molar-refractivity contribution < 1.29 is 10.3 Å². The lowest BCUT2D eigenvalue weighted by molar-refractivity contribution is 0.317. The highest BCUT2D eigenvalue weighted by atomic mass is 16.4. The van der Waals surface area contributed by atoms with Crippen molar-refractivity contribution >= 4 is 5.71 Å². The van der Waals surface area contributed by atoms with Gasteiger partial charge in [-0.3, -0.25) is 0 Å². The normalized spacial score (nSPS) is 11.8. The number of phenols is 1. The minimum Gasteiger partial charge on any atom is -0.508 e. The zero-order chi connectivity index (χ0) is 15.5. The monoisotopic (exact) mass is 291 g/mol. The molecule has 0 bridgehead atoms. The Morgan fingerprint density at radius 3 is 2.38 bits per heavy atom. The maximum atomic E-state index is 9.83. The predicted molar refractivity (Wildman–Crippen MR) is 88.4 cm³/mol. The number of oxime groups is 1. The Balaban J connectivity index is 2.37. The van der Waals surface area contributed by atoms with Gasteiger partial charge < -0.3 is 10.3 Å². The average Bonchev–Trinajstić information content (AvgIpc) is 2.49. The number of unbranched alkanes of at least 4 members (excludes halogenated alkanes) is 6. The molecular weight excluding hydrogens is 262 g/mol. The lowest BCUT2D eigenvalue weighted by Gasteiger charge is -2.07. The minimum absolute atomic E-state index is 0.279. The van der Waals surface area contributed by atoms with Crippen LogP contribution < -0.4 is 0 Å². The molecule has 0 heterocycles. The van der Waals surface area contributed by atoms with Crippen LogP contribution in [0.15, 0.2) is 23.4 Å². The number of hydrogen-bond donors (Lipinski definition) is 2. The Kier molecular flexibility index (Phi) is 8.56. The Morgan fingerprint density at radius 2 is 1.71 bits per heavy atom. The standard InChI is InChI=1S/C18H29NO2/c1-3-4-5-6-7-8-9-10-16-11-12-18(20)17(14-16)13-15(2)19-21/h11-12,14,20-21H,3-10,13H2,1-2H3. The summed E-state index contributed by atoms with van der Waals surface area (Å²) in [6.07, 6.45) is 10.7. The van der Waals surface area contributed by atoms with Crippen molar-refractivity contribution in [1.29, 1.82) is 0 Å². The van der Waals surface area contributed by atoms with Gasteiger partial charge in [0, 0.05) is 6.42 Å². The van der Waals surface area contributed by atoms with Gasteiger partial charge in [0.05, 0.1) is 5.71 Å². The molecule has 0 aliphatic rings. The van der Waals surface area contributed by atoms with Gasteiger partial charge in [0.15, 0.2) is 0 Å².